The van der Waals surface area contributed by atoms with E-state index in [1.165, 1.54) is 11.3 Å². The monoisotopic (exact) mass is 402 g/mol. The molecule has 1 saturated heterocycles. The molecule has 1 N–H and O–H groups in total. The topological polar surface area (TPSA) is 62.7 Å². The van der Waals surface area contributed by atoms with E-state index in [1.807, 2.05) is 0 Å². The number of aliphatic carboxylic acids is 1. The summed E-state index contributed by atoms with van der Waals surface area (Å²) in [5.41, 5.74) is 2.56. The number of rotatable bonds is 4. The van der Waals surface area contributed by atoms with Crippen LogP contribution in [-0.4, -0.2) is 53.4 Å². The highest BCUT2D eigenvalue weighted by atomic mass is 32.1. The second kappa shape index (κ2) is 9.82. The van der Waals surface area contributed by atoms with Gasteiger partial charge < -0.3 is 9.84 Å². The molecule has 1 atom stereocenters. The summed E-state index contributed by atoms with van der Waals surface area (Å²) in [6.45, 7) is 5.71. The molecule has 0 bridgehead atoms. The highest BCUT2D eigenvalue weighted by Crippen LogP contribution is 2.25. The first kappa shape index (κ1) is 21.3. The van der Waals surface area contributed by atoms with E-state index in [9.17, 15) is 13.2 Å². The van der Waals surface area contributed by atoms with Crippen molar-refractivity contribution in [2.24, 2.45) is 0 Å². The highest BCUT2D eigenvalue weighted by molar-refractivity contribution is 7.09. The maximum atomic E-state index is 10.6. The van der Waals surface area contributed by atoms with Crippen molar-refractivity contribution < 1.29 is 27.8 Å². The number of carbonyl (C=O) groups is 1. The van der Waals surface area contributed by atoms with Crippen molar-refractivity contribution in [3.8, 4) is 0 Å². The zero-order valence-electron chi connectivity index (χ0n) is 14.8. The number of carboxylic acids is 1. The second-order valence-corrected chi connectivity index (χ2v) is 7.02. The molecular weight excluding hydrogens is 381 g/mol. The molecule has 1 aromatic carbocycles. The molecule has 2 aromatic rings. The Bertz CT molecular complexity index is 722. The van der Waals surface area contributed by atoms with Gasteiger partial charge in [0.2, 0.25) is 0 Å². The van der Waals surface area contributed by atoms with Crippen molar-refractivity contribution in [2.45, 2.75) is 25.6 Å². The minimum Gasteiger partial charge on any atom is -0.475 e. The summed E-state index contributed by atoms with van der Waals surface area (Å²) in [4.78, 5) is 16.0. The van der Waals surface area contributed by atoms with Gasteiger partial charge in [0, 0.05) is 18.5 Å². The summed E-state index contributed by atoms with van der Waals surface area (Å²) < 4.78 is 37.4. The summed E-state index contributed by atoms with van der Waals surface area (Å²) in [5.74, 6) is -2.76. The van der Waals surface area contributed by atoms with Gasteiger partial charge in [-0.1, -0.05) is 30.3 Å². The average Bonchev–Trinajstić information content (AvgIpc) is 3.07. The van der Waals surface area contributed by atoms with Crippen molar-refractivity contribution in [2.75, 3.05) is 26.3 Å². The molecule has 2 heterocycles. The van der Waals surface area contributed by atoms with Crippen molar-refractivity contribution in [3.05, 3.63) is 52.0 Å². The number of alkyl halides is 3. The quantitative estimate of drug-likeness (QED) is 0.845. The molecule has 1 aliphatic heterocycles. The fraction of sp³-hybridized carbons (Fsp3) is 0.444. The van der Waals surface area contributed by atoms with Crippen LogP contribution in [-0.2, 0) is 16.0 Å². The van der Waals surface area contributed by atoms with Gasteiger partial charge in [-0.2, -0.15) is 13.2 Å². The Hall–Kier alpha value is -1.97. The summed E-state index contributed by atoms with van der Waals surface area (Å²) in [6, 6.07) is 11.0. The average molecular weight is 402 g/mol. The van der Waals surface area contributed by atoms with Gasteiger partial charge in [0.05, 0.1) is 30.0 Å². The molecule has 3 rings (SSSR count). The number of aromatic nitrogens is 1. The van der Waals surface area contributed by atoms with Crippen molar-refractivity contribution >= 4 is 17.3 Å². The van der Waals surface area contributed by atoms with E-state index >= 15 is 0 Å². The lowest BCUT2D eigenvalue weighted by atomic mass is 10.1. The number of benzene rings is 1. The molecule has 1 unspecified atom stereocenters. The maximum absolute atomic E-state index is 10.6. The summed E-state index contributed by atoms with van der Waals surface area (Å²) >= 11 is 1.72. The van der Waals surface area contributed by atoms with Crippen molar-refractivity contribution in [3.63, 3.8) is 0 Å². The number of hydrogen-bond acceptors (Lipinski definition) is 5. The van der Waals surface area contributed by atoms with E-state index in [0.717, 1.165) is 37.7 Å². The van der Waals surface area contributed by atoms with Crippen LogP contribution in [0.15, 0.2) is 35.7 Å². The Labute approximate surface area is 159 Å². The SMILES string of the molecule is Cc1nc(C2COCCN2CCc2ccccc2)cs1.O=C(O)C(F)(F)F. The second-order valence-electron chi connectivity index (χ2n) is 5.96. The lowest BCUT2D eigenvalue weighted by Gasteiger charge is -2.34. The number of ether oxygens (including phenoxy) is 1. The fourth-order valence-electron chi connectivity index (χ4n) is 2.63. The van der Waals surface area contributed by atoms with E-state index in [2.05, 4.69) is 52.5 Å². The van der Waals surface area contributed by atoms with Crippen LogP contribution in [0.4, 0.5) is 13.2 Å². The third-order valence-electron chi connectivity index (χ3n) is 3.99. The van der Waals surface area contributed by atoms with E-state index in [4.69, 9.17) is 14.6 Å². The first-order valence-electron chi connectivity index (χ1n) is 8.35. The summed E-state index contributed by atoms with van der Waals surface area (Å²) in [6.07, 6.45) is -4.00. The maximum Gasteiger partial charge on any atom is 0.490 e. The largest absolute Gasteiger partial charge is 0.490 e. The normalized spacial score (nSPS) is 17.9. The molecule has 9 heteroatoms. The van der Waals surface area contributed by atoms with Gasteiger partial charge in [-0.3, -0.25) is 4.90 Å². The van der Waals surface area contributed by atoms with Gasteiger partial charge in [-0.15, -0.1) is 11.3 Å². The van der Waals surface area contributed by atoms with Gasteiger partial charge in [-0.25, -0.2) is 9.78 Å². The number of nitrogens with zero attached hydrogens (tertiary/aromatic N) is 2. The molecule has 0 radical (unpaired) electrons. The van der Waals surface area contributed by atoms with Gasteiger partial charge in [0.25, 0.3) is 0 Å². The lowest BCUT2D eigenvalue weighted by Crippen LogP contribution is -2.40. The smallest absolute Gasteiger partial charge is 0.475 e. The van der Waals surface area contributed by atoms with Crippen molar-refractivity contribution in [1.82, 2.24) is 9.88 Å². The van der Waals surface area contributed by atoms with Crippen molar-refractivity contribution in [1.29, 1.82) is 0 Å². The van der Waals surface area contributed by atoms with E-state index in [0.29, 0.717) is 6.04 Å². The summed E-state index contributed by atoms with van der Waals surface area (Å²) in [5, 5.41) is 10.4. The predicted octanol–water partition coefficient (Wildman–Crippen LogP) is 3.70. The fourth-order valence-corrected chi connectivity index (χ4v) is 3.29. The zero-order valence-corrected chi connectivity index (χ0v) is 15.6. The molecule has 1 fully saturated rings. The lowest BCUT2D eigenvalue weighted by molar-refractivity contribution is -0.192. The first-order valence-corrected chi connectivity index (χ1v) is 9.23. The molecule has 0 spiro atoms. The number of hydrogen-bond donors (Lipinski definition) is 1. The zero-order chi connectivity index (χ0) is 19.9. The van der Waals surface area contributed by atoms with Crippen LogP contribution < -0.4 is 0 Å². The third-order valence-corrected chi connectivity index (χ3v) is 4.78. The number of morpholine rings is 1. The number of thiazole rings is 1. The Morgan fingerprint density at radius 3 is 2.59 bits per heavy atom. The number of halogens is 3. The Balaban J connectivity index is 0.000000321. The molecule has 5 nitrogen and oxygen atoms in total. The highest BCUT2D eigenvalue weighted by Gasteiger charge is 2.38. The van der Waals surface area contributed by atoms with Crippen LogP contribution in [0.3, 0.4) is 0 Å². The standard InChI is InChI=1S/C16H20N2OS.C2HF3O2/c1-13-17-15(12-20-13)16-11-19-10-9-18(16)8-7-14-5-3-2-4-6-14;3-2(4,5)1(6)7/h2-6,12,16H,7-11H2,1H3;(H,6,7). The van der Waals surface area contributed by atoms with Crippen LogP contribution >= 0.6 is 11.3 Å². The van der Waals surface area contributed by atoms with Gasteiger partial charge in [0.1, 0.15) is 0 Å². The first-order chi connectivity index (χ1) is 12.8. The molecule has 148 valence electrons. The van der Waals surface area contributed by atoms with Gasteiger partial charge in [-0.05, 0) is 18.9 Å². The number of aryl methyl sites for hydroxylation is 1. The Morgan fingerprint density at radius 1 is 1.37 bits per heavy atom. The van der Waals surface area contributed by atoms with Crippen LogP contribution in [0.25, 0.3) is 0 Å². The molecule has 27 heavy (non-hydrogen) atoms. The molecule has 0 saturated carbocycles. The van der Waals surface area contributed by atoms with Crippen LogP contribution in [0.2, 0.25) is 0 Å². The van der Waals surface area contributed by atoms with Crippen LogP contribution in [0.1, 0.15) is 22.3 Å². The molecular formula is C18H21F3N2O3S. The summed E-state index contributed by atoms with van der Waals surface area (Å²) in [7, 11) is 0. The minimum absolute atomic E-state index is 0.317. The predicted molar refractivity (Wildman–Crippen MR) is 95.8 cm³/mol. The van der Waals surface area contributed by atoms with Gasteiger partial charge >= 0.3 is 12.1 Å². The molecule has 1 aliphatic rings. The molecule has 0 amide bonds. The van der Waals surface area contributed by atoms with E-state index < -0.39 is 12.1 Å². The minimum atomic E-state index is -5.08. The van der Waals surface area contributed by atoms with Gasteiger partial charge in [0.15, 0.2) is 0 Å². The molecule has 1 aromatic heterocycles. The third kappa shape index (κ3) is 6.93. The van der Waals surface area contributed by atoms with Crippen LogP contribution in [0.5, 0.6) is 0 Å². The number of carboxylic acid groups (broad SMARTS) is 1. The Morgan fingerprint density at radius 2 is 2.04 bits per heavy atom. The molecule has 0 aliphatic carbocycles. The van der Waals surface area contributed by atoms with Crippen LogP contribution in [0, 0.1) is 6.92 Å². The Kier molecular flexibility index (Phi) is 7.76. The van der Waals surface area contributed by atoms with E-state index in [-0.39, 0.29) is 0 Å². The van der Waals surface area contributed by atoms with E-state index in [1.54, 1.807) is 11.3 Å².